The van der Waals surface area contributed by atoms with Crippen molar-refractivity contribution in [3.05, 3.63) is 44.0 Å². The number of fused-ring (bicyclic) bond motifs is 1. The SMILES string of the molecule is COc1c(NCCOCCC#N)c(F)cc2c(=O)c(C(=O)C[N+](=O)[O-])cn(C3CC3)c12. The number of carbonyl (C=O) groups excluding carboxylic acids is 1. The molecule has 0 unspecified atom stereocenters. The summed E-state index contributed by atoms with van der Waals surface area (Å²) in [7, 11) is 1.34. The number of hydrogen-bond donors (Lipinski definition) is 1. The number of nitrogens with zero attached hydrogens (tertiary/aromatic N) is 3. The zero-order valence-electron chi connectivity index (χ0n) is 16.9. The molecular weight excluding hydrogens is 411 g/mol. The highest BCUT2D eigenvalue weighted by atomic mass is 19.1. The number of ether oxygens (including phenoxy) is 2. The fraction of sp³-hybridized carbons (Fsp3) is 0.450. The summed E-state index contributed by atoms with van der Waals surface area (Å²) in [6.07, 6.45) is 3.13. The lowest BCUT2D eigenvalue weighted by molar-refractivity contribution is -0.465. The number of ketones is 1. The maximum Gasteiger partial charge on any atom is 0.266 e. The third kappa shape index (κ3) is 4.80. The molecule has 0 aliphatic heterocycles. The van der Waals surface area contributed by atoms with Crippen LogP contribution >= 0.6 is 0 Å². The van der Waals surface area contributed by atoms with Gasteiger partial charge in [-0.1, -0.05) is 0 Å². The lowest BCUT2D eigenvalue weighted by Gasteiger charge is -2.19. The molecule has 3 rings (SSSR count). The summed E-state index contributed by atoms with van der Waals surface area (Å²) in [5, 5.41) is 22.1. The first kappa shape index (κ1) is 22.2. The molecule has 1 saturated carbocycles. The van der Waals surface area contributed by atoms with Gasteiger partial charge in [-0.3, -0.25) is 19.7 Å². The van der Waals surface area contributed by atoms with Gasteiger partial charge in [0, 0.05) is 23.7 Å². The first-order valence-corrected chi connectivity index (χ1v) is 9.68. The van der Waals surface area contributed by atoms with Crippen LogP contribution < -0.4 is 15.5 Å². The molecule has 0 amide bonds. The van der Waals surface area contributed by atoms with Gasteiger partial charge < -0.3 is 19.4 Å². The molecule has 1 aliphatic rings. The first-order valence-electron chi connectivity index (χ1n) is 9.68. The minimum absolute atomic E-state index is 0.0215. The van der Waals surface area contributed by atoms with E-state index >= 15 is 0 Å². The Morgan fingerprint density at radius 1 is 1.45 bits per heavy atom. The van der Waals surface area contributed by atoms with E-state index in [1.165, 1.54) is 13.3 Å². The van der Waals surface area contributed by atoms with Crippen LogP contribution in [-0.2, 0) is 4.74 Å². The fourth-order valence-electron chi connectivity index (χ4n) is 3.33. The van der Waals surface area contributed by atoms with E-state index in [1.54, 1.807) is 4.57 Å². The van der Waals surface area contributed by atoms with Gasteiger partial charge in [0.25, 0.3) is 6.54 Å². The van der Waals surface area contributed by atoms with Gasteiger partial charge in [0.05, 0.1) is 49.3 Å². The lowest BCUT2D eigenvalue weighted by Crippen LogP contribution is -2.24. The largest absolute Gasteiger partial charge is 0.492 e. The van der Waals surface area contributed by atoms with Crippen molar-refractivity contribution in [2.75, 3.05) is 38.7 Å². The second kappa shape index (κ2) is 9.53. The van der Waals surface area contributed by atoms with Gasteiger partial charge in [-0.15, -0.1) is 0 Å². The van der Waals surface area contributed by atoms with E-state index in [0.717, 1.165) is 18.9 Å². The second-order valence-corrected chi connectivity index (χ2v) is 7.03. The van der Waals surface area contributed by atoms with Crippen LogP contribution in [0.1, 0.15) is 35.7 Å². The smallest absolute Gasteiger partial charge is 0.266 e. The third-order valence-corrected chi connectivity index (χ3v) is 4.85. The van der Waals surface area contributed by atoms with Crippen molar-refractivity contribution in [1.29, 1.82) is 5.26 Å². The Morgan fingerprint density at radius 3 is 2.81 bits per heavy atom. The maximum atomic E-state index is 14.9. The fourth-order valence-corrected chi connectivity index (χ4v) is 3.33. The minimum Gasteiger partial charge on any atom is -0.492 e. The lowest BCUT2D eigenvalue weighted by atomic mass is 10.1. The number of hydrogen-bond acceptors (Lipinski definition) is 8. The summed E-state index contributed by atoms with van der Waals surface area (Å²) < 4.78 is 27.3. The van der Waals surface area contributed by atoms with Crippen molar-refractivity contribution in [3.8, 4) is 11.8 Å². The third-order valence-electron chi connectivity index (χ3n) is 4.85. The molecule has 0 atom stereocenters. The zero-order valence-corrected chi connectivity index (χ0v) is 16.9. The number of nitrogens with one attached hydrogen (secondary N) is 1. The van der Waals surface area contributed by atoms with Crippen LogP contribution in [0.2, 0.25) is 0 Å². The van der Waals surface area contributed by atoms with Crippen molar-refractivity contribution < 1.29 is 23.6 Å². The van der Waals surface area contributed by atoms with Crippen LogP contribution in [0.3, 0.4) is 0 Å². The topological polar surface area (TPSA) is 136 Å². The van der Waals surface area contributed by atoms with Gasteiger partial charge >= 0.3 is 0 Å². The molecule has 10 nitrogen and oxygen atoms in total. The van der Waals surface area contributed by atoms with Crippen LogP contribution in [0.4, 0.5) is 10.1 Å². The van der Waals surface area contributed by atoms with Gasteiger partial charge in [0.15, 0.2) is 11.6 Å². The van der Waals surface area contributed by atoms with Crippen molar-refractivity contribution in [3.63, 3.8) is 0 Å². The van der Waals surface area contributed by atoms with Crippen molar-refractivity contribution in [2.45, 2.75) is 25.3 Å². The van der Waals surface area contributed by atoms with E-state index in [1.807, 2.05) is 6.07 Å². The number of methoxy groups -OCH3 is 1. The summed E-state index contributed by atoms with van der Waals surface area (Å²) in [5.74, 6) is -1.59. The van der Waals surface area contributed by atoms with Crippen molar-refractivity contribution in [2.24, 2.45) is 0 Å². The number of halogens is 1. The van der Waals surface area contributed by atoms with Crippen LogP contribution in [0.25, 0.3) is 10.9 Å². The van der Waals surface area contributed by atoms with Crippen molar-refractivity contribution >= 4 is 22.4 Å². The Morgan fingerprint density at radius 2 is 2.19 bits per heavy atom. The van der Waals surface area contributed by atoms with Gasteiger partial charge in [-0.25, -0.2) is 4.39 Å². The van der Waals surface area contributed by atoms with E-state index in [0.29, 0.717) is 5.52 Å². The van der Waals surface area contributed by atoms with Crippen LogP contribution in [0, 0.1) is 27.3 Å². The minimum atomic E-state index is -1.02. The zero-order chi connectivity index (χ0) is 22.5. The second-order valence-electron chi connectivity index (χ2n) is 7.03. The molecule has 31 heavy (non-hydrogen) atoms. The maximum absolute atomic E-state index is 14.9. The normalized spacial score (nSPS) is 13.1. The van der Waals surface area contributed by atoms with Crippen LogP contribution in [-0.4, -0.2) is 48.7 Å². The quantitative estimate of drug-likeness (QED) is 0.247. The number of aromatic nitrogens is 1. The molecule has 1 aliphatic carbocycles. The molecule has 1 N–H and O–H groups in total. The Balaban J connectivity index is 2.05. The Kier molecular flexibility index (Phi) is 6.81. The van der Waals surface area contributed by atoms with Crippen LogP contribution in [0.5, 0.6) is 5.75 Å². The molecule has 1 heterocycles. The molecule has 2 aromatic rings. The molecule has 1 fully saturated rings. The molecule has 0 saturated heterocycles. The van der Waals surface area contributed by atoms with Gasteiger partial charge in [-0.05, 0) is 18.9 Å². The number of Topliss-reactive ketones (excluding diaryl/α,β-unsaturated/α-hetero) is 1. The number of benzene rings is 1. The molecule has 1 aromatic carbocycles. The Hall–Kier alpha value is -3.52. The summed E-state index contributed by atoms with van der Waals surface area (Å²) in [4.78, 5) is 35.1. The predicted molar refractivity (Wildman–Crippen MR) is 109 cm³/mol. The highest BCUT2D eigenvalue weighted by Crippen LogP contribution is 2.42. The monoisotopic (exact) mass is 432 g/mol. The highest BCUT2D eigenvalue weighted by Gasteiger charge is 2.30. The van der Waals surface area contributed by atoms with Crippen molar-refractivity contribution in [1.82, 2.24) is 4.57 Å². The Bertz CT molecular complexity index is 1120. The van der Waals surface area contributed by atoms with E-state index in [2.05, 4.69) is 5.32 Å². The molecule has 1 aromatic heterocycles. The molecule has 0 spiro atoms. The average molecular weight is 432 g/mol. The van der Waals surface area contributed by atoms with E-state index in [9.17, 15) is 24.1 Å². The molecule has 0 bridgehead atoms. The molecule has 164 valence electrons. The molecule has 11 heteroatoms. The number of pyridine rings is 1. The predicted octanol–water partition coefficient (Wildman–Crippen LogP) is 2.29. The summed E-state index contributed by atoms with van der Waals surface area (Å²) >= 11 is 0. The summed E-state index contributed by atoms with van der Waals surface area (Å²) in [6, 6.07) is 2.95. The number of carbonyl (C=O) groups is 1. The summed E-state index contributed by atoms with van der Waals surface area (Å²) in [6.45, 7) is -0.294. The number of nitro groups is 1. The Labute approximate surface area is 176 Å². The first-order chi connectivity index (χ1) is 14.9. The standard InChI is InChI=1S/C20H21FN4O6/c1-30-20-17(23-6-8-31-7-2-5-22)15(21)9-13-18(20)24(12-3-4-12)10-14(19(13)27)16(26)11-25(28)29/h9-10,12,23H,2-4,6-8,11H2,1H3. The van der Waals surface area contributed by atoms with E-state index in [-0.39, 0.29) is 54.6 Å². The number of nitriles is 1. The van der Waals surface area contributed by atoms with Gasteiger partial charge in [-0.2, -0.15) is 5.26 Å². The van der Waals surface area contributed by atoms with Gasteiger partial charge in [0.2, 0.25) is 11.2 Å². The van der Waals surface area contributed by atoms with E-state index in [4.69, 9.17) is 14.7 Å². The summed E-state index contributed by atoms with van der Waals surface area (Å²) in [5.41, 5.74) is -0.759. The highest BCUT2D eigenvalue weighted by molar-refractivity contribution is 6.01. The molecule has 0 radical (unpaired) electrons. The molecular formula is C20H21FN4O6. The number of anilines is 1. The average Bonchev–Trinajstić information content (AvgIpc) is 3.56. The van der Waals surface area contributed by atoms with Gasteiger partial charge in [0.1, 0.15) is 5.69 Å². The van der Waals surface area contributed by atoms with Crippen LogP contribution in [0.15, 0.2) is 17.1 Å². The number of rotatable bonds is 11. The van der Waals surface area contributed by atoms with E-state index < -0.39 is 28.5 Å².